The highest BCUT2D eigenvalue weighted by Crippen LogP contribution is 2.28. The molecule has 6 heteroatoms. The summed E-state index contributed by atoms with van der Waals surface area (Å²) in [6.45, 7) is 0. The zero-order valence-corrected chi connectivity index (χ0v) is 12.8. The number of ether oxygens (including phenoxy) is 2. The topological polar surface area (TPSA) is 77.5 Å². The third-order valence-electron chi connectivity index (χ3n) is 3.06. The minimum atomic E-state index is -0.667. The molecule has 1 N–H and O–H groups in total. The van der Waals surface area contributed by atoms with E-state index < -0.39 is 11.9 Å². The number of carbonyl (C=O) groups is 2. The summed E-state index contributed by atoms with van der Waals surface area (Å²) in [5.74, 6) is -1.32. The van der Waals surface area contributed by atoms with Gasteiger partial charge in [0.25, 0.3) is 0 Å². The number of para-hydroxylation sites is 1. The van der Waals surface area contributed by atoms with Gasteiger partial charge in [-0.1, -0.05) is 18.2 Å². The van der Waals surface area contributed by atoms with Gasteiger partial charge in [0, 0.05) is 23.6 Å². The summed E-state index contributed by atoms with van der Waals surface area (Å²) in [7, 11) is 2.47. The molecule has 0 fully saturated rings. The standard InChI is InChI=1S/C17H16N2O4/c1-22-16(20)11-15(17(21)23-2)19-14-6-4-3-5-13(14)12-7-9-18-10-8-12/h3-11,19H,1-2H3/b15-11+. The zero-order chi connectivity index (χ0) is 16.7. The molecule has 6 nitrogen and oxygen atoms in total. The van der Waals surface area contributed by atoms with E-state index in [2.05, 4.69) is 19.8 Å². The molecule has 1 heterocycles. The first-order valence-electron chi connectivity index (χ1n) is 6.80. The van der Waals surface area contributed by atoms with Crippen LogP contribution in [0.4, 0.5) is 5.69 Å². The van der Waals surface area contributed by atoms with E-state index in [1.165, 1.54) is 14.2 Å². The van der Waals surface area contributed by atoms with Gasteiger partial charge in [0.15, 0.2) is 0 Å². The average molecular weight is 312 g/mol. The Morgan fingerprint density at radius 1 is 1.04 bits per heavy atom. The third kappa shape index (κ3) is 4.16. The zero-order valence-electron chi connectivity index (χ0n) is 12.8. The molecule has 0 aliphatic rings. The SMILES string of the molecule is COC(=O)/C=C(/Nc1ccccc1-c1ccncc1)C(=O)OC. The Labute approximate surface area is 133 Å². The molecule has 1 aromatic heterocycles. The first-order chi connectivity index (χ1) is 11.2. The summed E-state index contributed by atoms with van der Waals surface area (Å²) >= 11 is 0. The molecule has 0 unspecified atom stereocenters. The molecule has 1 aromatic carbocycles. The number of anilines is 1. The van der Waals surface area contributed by atoms with Crippen molar-refractivity contribution in [2.45, 2.75) is 0 Å². The van der Waals surface area contributed by atoms with Crippen molar-refractivity contribution < 1.29 is 19.1 Å². The van der Waals surface area contributed by atoms with Crippen LogP contribution in [0.15, 0.2) is 60.6 Å². The summed E-state index contributed by atoms with van der Waals surface area (Å²) in [4.78, 5) is 27.3. The molecule has 118 valence electrons. The Morgan fingerprint density at radius 3 is 2.39 bits per heavy atom. The molecular weight excluding hydrogens is 296 g/mol. The molecule has 23 heavy (non-hydrogen) atoms. The van der Waals surface area contributed by atoms with Crippen LogP contribution in [0.25, 0.3) is 11.1 Å². The van der Waals surface area contributed by atoms with Gasteiger partial charge in [-0.25, -0.2) is 9.59 Å². The normalized spacial score (nSPS) is 10.8. The Balaban J connectivity index is 2.40. The number of pyridine rings is 1. The quantitative estimate of drug-likeness (QED) is 0.675. The van der Waals surface area contributed by atoms with Gasteiger partial charge in [-0.15, -0.1) is 0 Å². The van der Waals surface area contributed by atoms with E-state index in [1.54, 1.807) is 18.5 Å². The van der Waals surface area contributed by atoms with E-state index in [4.69, 9.17) is 0 Å². The Kier molecular flexibility index (Phi) is 5.46. The number of esters is 2. The second-order valence-corrected chi connectivity index (χ2v) is 4.48. The maximum absolute atomic E-state index is 11.8. The van der Waals surface area contributed by atoms with Crippen molar-refractivity contribution in [3.05, 3.63) is 60.6 Å². The minimum absolute atomic E-state index is 0.0131. The number of benzene rings is 1. The predicted molar refractivity (Wildman–Crippen MR) is 85.4 cm³/mol. The highest BCUT2D eigenvalue weighted by atomic mass is 16.5. The van der Waals surface area contributed by atoms with Crippen molar-refractivity contribution in [3.8, 4) is 11.1 Å². The smallest absolute Gasteiger partial charge is 0.354 e. The van der Waals surface area contributed by atoms with Gasteiger partial charge in [0.2, 0.25) is 0 Å². The van der Waals surface area contributed by atoms with E-state index in [-0.39, 0.29) is 5.70 Å². The van der Waals surface area contributed by atoms with Crippen molar-refractivity contribution >= 4 is 17.6 Å². The molecule has 0 saturated carbocycles. The minimum Gasteiger partial charge on any atom is -0.466 e. The molecular formula is C17H16N2O4. The molecule has 0 radical (unpaired) electrons. The molecule has 0 saturated heterocycles. The van der Waals surface area contributed by atoms with Crippen molar-refractivity contribution in [1.82, 2.24) is 4.98 Å². The molecule has 0 amide bonds. The van der Waals surface area contributed by atoms with Crippen molar-refractivity contribution in [2.75, 3.05) is 19.5 Å². The fourth-order valence-corrected chi connectivity index (χ4v) is 1.95. The van der Waals surface area contributed by atoms with Crippen molar-refractivity contribution in [3.63, 3.8) is 0 Å². The first-order valence-corrected chi connectivity index (χ1v) is 6.80. The lowest BCUT2D eigenvalue weighted by molar-refractivity contribution is -0.138. The largest absolute Gasteiger partial charge is 0.466 e. The summed E-state index contributed by atoms with van der Waals surface area (Å²) in [5, 5.41) is 2.93. The number of hydrogen-bond acceptors (Lipinski definition) is 6. The maximum Gasteiger partial charge on any atom is 0.354 e. The molecule has 0 spiro atoms. The van der Waals surface area contributed by atoms with Gasteiger partial charge in [0.05, 0.1) is 20.3 Å². The highest BCUT2D eigenvalue weighted by Gasteiger charge is 2.14. The fraction of sp³-hybridized carbons (Fsp3) is 0.118. The van der Waals surface area contributed by atoms with Crippen LogP contribution in [-0.2, 0) is 19.1 Å². The molecule has 0 atom stereocenters. The Morgan fingerprint density at radius 2 is 1.74 bits per heavy atom. The predicted octanol–water partition coefficient (Wildman–Crippen LogP) is 2.39. The van der Waals surface area contributed by atoms with Crippen LogP contribution >= 0.6 is 0 Å². The highest BCUT2D eigenvalue weighted by molar-refractivity contribution is 5.99. The van der Waals surface area contributed by atoms with Crippen molar-refractivity contribution in [2.24, 2.45) is 0 Å². The van der Waals surface area contributed by atoms with Gasteiger partial charge < -0.3 is 14.8 Å². The summed E-state index contributed by atoms with van der Waals surface area (Å²) < 4.78 is 9.24. The number of rotatable bonds is 5. The number of aromatic nitrogens is 1. The van der Waals surface area contributed by atoms with Crippen LogP contribution in [-0.4, -0.2) is 31.1 Å². The maximum atomic E-state index is 11.8. The lowest BCUT2D eigenvalue weighted by atomic mass is 10.0. The Bertz CT molecular complexity index is 726. The summed E-state index contributed by atoms with van der Waals surface area (Å²) in [6.07, 6.45) is 4.41. The fourth-order valence-electron chi connectivity index (χ4n) is 1.95. The number of carbonyl (C=O) groups excluding carboxylic acids is 2. The number of nitrogens with one attached hydrogen (secondary N) is 1. The first kappa shape index (κ1) is 16.2. The van der Waals surface area contributed by atoms with Gasteiger partial charge in [-0.2, -0.15) is 0 Å². The summed E-state index contributed by atoms with van der Waals surface area (Å²) in [6, 6.07) is 11.1. The van der Waals surface area contributed by atoms with Crippen LogP contribution < -0.4 is 5.32 Å². The number of nitrogens with zero attached hydrogens (tertiary/aromatic N) is 1. The van der Waals surface area contributed by atoms with Gasteiger partial charge in [0.1, 0.15) is 5.70 Å². The van der Waals surface area contributed by atoms with E-state index in [1.807, 2.05) is 30.3 Å². The second kappa shape index (κ2) is 7.74. The summed E-state index contributed by atoms with van der Waals surface area (Å²) in [5.41, 5.74) is 2.42. The monoisotopic (exact) mass is 312 g/mol. The average Bonchev–Trinajstić information content (AvgIpc) is 2.61. The molecule has 0 bridgehead atoms. The second-order valence-electron chi connectivity index (χ2n) is 4.48. The van der Waals surface area contributed by atoms with E-state index in [9.17, 15) is 9.59 Å². The number of methoxy groups -OCH3 is 2. The van der Waals surface area contributed by atoms with Crippen LogP contribution in [0, 0.1) is 0 Å². The lowest BCUT2D eigenvalue weighted by Gasteiger charge is -2.13. The molecule has 0 aliphatic heterocycles. The molecule has 2 aromatic rings. The van der Waals surface area contributed by atoms with Gasteiger partial charge >= 0.3 is 11.9 Å². The number of hydrogen-bond donors (Lipinski definition) is 1. The third-order valence-corrected chi connectivity index (χ3v) is 3.06. The van der Waals surface area contributed by atoms with E-state index in [0.717, 1.165) is 17.2 Å². The molecule has 0 aliphatic carbocycles. The van der Waals surface area contributed by atoms with Gasteiger partial charge in [-0.05, 0) is 23.8 Å². The lowest BCUT2D eigenvalue weighted by Crippen LogP contribution is -2.15. The van der Waals surface area contributed by atoms with Crippen molar-refractivity contribution in [1.29, 1.82) is 0 Å². The van der Waals surface area contributed by atoms with E-state index >= 15 is 0 Å². The van der Waals surface area contributed by atoms with Gasteiger partial charge in [-0.3, -0.25) is 4.98 Å². The van der Waals surface area contributed by atoms with Crippen LogP contribution in [0.3, 0.4) is 0 Å². The molecule has 2 rings (SSSR count). The van der Waals surface area contributed by atoms with Crippen LogP contribution in [0.2, 0.25) is 0 Å². The van der Waals surface area contributed by atoms with E-state index in [0.29, 0.717) is 5.69 Å². The van der Waals surface area contributed by atoms with Crippen LogP contribution in [0.1, 0.15) is 0 Å². The van der Waals surface area contributed by atoms with Crippen LogP contribution in [0.5, 0.6) is 0 Å². The Hall–Kier alpha value is -3.15.